The molecule has 6 amide bonds. The Morgan fingerprint density at radius 2 is 0.465 bits per heavy atom. The van der Waals surface area contributed by atoms with E-state index in [-0.39, 0.29) is 86.7 Å². The van der Waals surface area contributed by atoms with Gasteiger partial charge in [0.25, 0.3) is 54.9 Å². The smallest absolute Gasteiger partial charge is 0.336 e. The van der Waals surface area contributed by atoms with Crippen LogP contribution in [-0.2, 0) is 14.4 Å². The number of rotatable bonds is 21. The van der Waals surface area contributed by atoms with Gasteiger partial charge in [-0.2, -0.15) is 0 Å². The molecule has 0 unspecified atom stereocenters. The van der Waals surface area contributed by atoms with Crippen LogP contribution in [0.25, 0.3) is 32.3 Å². The zero-order valence-corrected chi connectivity index (χ0v) is 58.9. The molecular weight excluding hydrogens is 1450 g/mol. The van der Waals surface area contributed by atoms with Crippen molar-refractivity contribution < 1.29 is 87.1 Å². The second-order valence-electron chi connectivity index (χ2n) is 23.7. The maximum atomic E-state index is 13.1. The highest BCUT2D eigenvalue weighted by Gasteiger charge is 2.25. The number of amides is 6. The fraction of sp³-hybridized carbons (Fsp3) is 0. The first-order chi connectivity index (χ1) is 55.1. The lowest BCUT2D eigenvalue weighted by atomic mass is 10.0. The minimum atomic E-state index is -1.29. The summed E-state index contributed by atoms with van der Waals surface area (Å²) in [7, 11) is 0. The second-order valence-corrected chi connectivity index (χ2v) is 23.7. The fourth-order valence-corrected chi connectivity index (χ4v) is 11.6. The largest absolute Gasteiger partial charge is 0.478 e. The minimum absolute atomic E-state index is 0.00577. The monoisotopic (exact) mass is 1510 g/mol. The molecule has 552 valence electrons. The Hall–Kier alpha value is -17.6. The van der Waals surface area contributed by atoms with E-state index in [9.17, 15) is 72.9 Å². The summed E-state index contributed by atoms with van der Waals surface area (Å²) in [6, 6.07) is 55.9. The van der Waals surface area contributed by atoms with Crippen LogP contribution in [0.15, 0.2) is 218 Å². The number of benzene rings is 12. The number of aromatic carboxylic acids is 3. The van der Waals surface area contributed by atoms with Crippen molar-refractivity contribution in [1.29, 1.82) is 0 Å². The average Bonchev–Trinajstić information content (AvgIpc) is 0.792. The molecule has 0 atom stereocenters. The van der Waals surface area contributed by atoms with Crippen LogP contribution in [0.3, 0.4) is 0 Å². The fourth-order valence-electron chi connectivity index (χ4n) is 11.6. The number of carbonyl (C=O) groups excluding carboxylic acids is 9. The van der Waals surface area contributed by atoms with Gasteiger partial charge in [0.15, 0.2) is 0 Å². The van der Waals surface area contributed by atoms with Crippen molar-refractivity contribution in [2.24, 2.45) is 0 Å². The summed E-state index contributed by atoms with van der Waals surface area (Å²) < 4.78 is 14.8. The third-order valence-electron chi connectivity index (χ3n) is 16.9. The number of anilines is 6. The standard InChI is InChI=1S/3C30H18N2O6/c1-3-18-11-13-22(30(36)37)23(15-18)28(34)31-25-9-5-8-21-20(25)7-6-10-26(21)32-29(35)24-16-19(4-2)12-14-27(24)38-17-33;1-3-18-11-13-22(23(15-18)30(36)37)28(34)31-25-9-5-8-21-20(25)7-6-10-26(21)32-29(35)24-16-19(4-2)12-14-27(24)38-17-33;1-3-18-11-13-22(24(15-18)30(36)37)28(34)31-25-9-5-8-21-20(25)7-6-10-26(21)32-29(35)23-14-12-19(4-2)16-27(23)38-17-33/h3*1-2,5-17H,(H,31,34)(H,32,35)(H,36,37). The van der Waals surface area contributed by atoms with Gasteiger partial charge in [-0.1, -0.05) is 108 Å². The lowest BCUT2D eigenvalue weighted by Gasteiger charge is -2.14. The number of carboxylic acid groups (broad SMARTS) is 3. The van der Waals surface area contributed by atoms with Crippen LogP contribution in [0.4, 0.5) is 34.1 Å². The van der Waals surface area contributed by atoms with Crippen LogP contribution >= 0.6 is 0 Å². The molecule has 0 heterocycles. The molecule has 0 spiro atoms. The van der Waals surface area contributed by atoms with E-state index in [4.69, 9.17) is 52.8 Å². The molecule has 0 radical (unpaired) electrons. The molecule has 0 bridgehead atoms. The summed E-state index contributed by atoms with van der Waals surface area (Å²) in [4.78, 5) is 146. The van der Waals surface area contributed by atoms with Gasteiger partial charge < -0.3 is 61.4 Å². The second kappa shape index (κ2) is 36.1. The summed E-state index contributed by atoms with van der Waals surface area (Å²) in [6.07, 6.45) is 32.4. The van der Waals surface area contributed by atoms with Gasteiger partial charge in [0.05, 0.1) is 50.1 Å². The molecule has 12 aromatic carbocycles. The van der Waals surface area contributed by atoms with Crippen molar-refractivity contribution in [3.05, 3.63) is 302 Å². The van der Waals surface area contributed by atoms with Gasteiger partial charge >= 0.3 is 17.9 Å². The van der Waals surface area contributed by atoms with Crippen LogP contribution in [0.5, 0.6) is 17.2 Å². The number of carbonyl (C=O) groups is 12. The van der Waals surface area contributed by atoms with E-state index in [1.165, 1.54) is 97.1 Å². The molecule has 0 saturated heterocycles. The quantitative estimate of drug-likeness (QED) is 0.0238. The number of nitrogens with one attached hydrogen (secondary N) is 6. The first kappa shape index (κ1) is 79.0. The molecule has 0 aliphatic heterocycles. The lowest BCUT2D eigenvalue weighted by Crippen LogP contribution is -2.17. The van der Waals surface area contributed by atoms with E-state index in [0.29, 0.717) is 99.8 Å². The van der Waals surface area contributed by atoms with Gasteiger partial charge in [-0.05, 0) is 146 Å². The number of fused-ring (bicyclic) bond motifs is 3. The number of hydrogen-bond donors (Lipinski definition) is 9. The molecule has 0 aliphatic carbocycles. The maximum Gasteiger partial charge on any atom is 0.336 e. The van der Waals surface area contributed by atoms with Gasteiger partial charge in [0.2, 0.25) is 0 Å². The van der Waals surface area contributed by atoms with Crippen molar-refractivity contribution in [3.63, 3.8) is 0 Å². The van der Waals surface area contributed by atoms with E-state index in [1.807, 2.05) is 0 Å². The molecule has 9 N–H and O–H groups in total. The zero-order valence-electron chi connectivity index (χ0n) is 58.9. The Kier molecular flexibility index (Phi) is 25.0. The number of ether oxygens (including phenoxy) is 3. The Morgan fingerprint density at radius 3 is 0.746 bits per heavy atom. The van der Waals surface area contributed by atoms with E-state index in [2.05, 4.69) is 67.4 Å². The Bertz CT molecular complexity index is 6330. The van der Waals surface area contributed by atoms with Crippen molar-refractivity contribution in [2.75, 3.05) is 31.9 Å². The number of terminal acetylenes is 6. The van der Waals surface area contributed by atoms with Gasteiger partial charge in [0, 0.05) is 99.8 Å². The van der Waals surface area contributed by atoms with E-state index in [1.54, 1.807) is 121 Å². The molecule has 0 aliphatic rings. The van der Waals surface area contributed by atoms with Gasteiger partial charge in [-0.25, -0.2) is 14.4 Å². The molecule has 114 heavy (non-hydrogen) atoms. The van der Waals surface area contributed by atoms with Crippen LogP contribution in [0.2, 0.25) is 0 Å². The van der Waals surface area contributed by atoms with Crippen molar-refractivity contribution in [3.8, 4) is 91.3 Å². The van der Waals surface area contributed by atoms with Crippen molar-refractivity contribution in [1.82, 2.24) is 0 Å². The third kappa shape index (κ3) is 18.1. The third-order valence-corrected chi connectivity index (χ3v) is 16.9. The Morgan fingerprint density at radius 1 is 0.246 bits per heavy atom. The number of carboxylic acids is 3. The Balaban J connectivity index is 0.000000181. The molecule has 24 nitrogen and oxygen atoms in total. The predicted octanol–water partition coefficient (Wildman–Crippen LogP) is 13.6. The molecule has 0 fully saturated rings. The normalized spacial score (nSPS) is 10.1. The van der Waals surface area contributed by atoms with Gasteiger partial charge in [-0.3, -0.25) is 43.2 Å². The SMILES string of the molecule is C#Cc1ccc(C(=O)Nc2cccc3c(NC(=O)c4ccc(C#C)cc4C(=O)O)cccc23)c(OC=O)c1.C#Cc1ccc(OC=O)c(C(=O)Nc2cccc3c(NC(=O)c4cc(C#C)ccc4C(=O)O)cccc23)c1.C#Cc1ccc(OC=O)c(C(=O)Nc2cccc3c(NC(=O)c4ccc(C#C)cc4C(=O)O)cccc23)c1. The van der Waals surface area contributed by atoms with E-state index < -0.39 is 53.4 Å². The summed E-state index contributed by atoms with van der Waals surface area (Å²) >= 11 is 0. The molecule has 24 heteroatoms. The summed E-state index contributed by atoms with van der Waals surface area (Å²) in [6.45, 7) is 0.628. The van der Waals surface area contributed by atoms with Crippen LogP contribution in [0, 0.1) is 74.1 Å². The first-order valence-corrected chi connectivity index (χ1v) is 33.2. The van der Waals surface area contributed by atoms with Gasteiger partial charge in [0.1, 0.15) is 17.2 Å². The van der Waals surface area contributed by atoms with Crippen molar-refractivity contribution >= 4 is 139 Å². The van der Waals surface area contributed by atoms with Crippen LogP contribution in [-0.4, -0.2) is 88.1 Å². The highest BCUT2D eigenvalue weighted by molar-refractivity contribution is 6.20. The average molecular weight is 1510 g/mol. The van der Waals surface area contributed by atoms with E-state index in [0.717, 1.165) is 0 Å². The topological polar surface area (TPSA) is 365 Å². The summed E-state index contributed by atoms with van der Waals surface area (Å²) in [5.74, 6) is 6.95. The number of hydrogen-bond acceptors (Lipinski definition) is 15. The maximum absolute atomic E-state index is 13.1. The highest BCUT2D eigenvalue weighted by atomic mass is 16.5. The molecule has 12 aromatic rings. The molecule has 0 aromatic heterocycles. The highest BCUT2D eigenvalue weighted by Crippen LogP contribution is 2.36. The minimum Gasteiger partial charge on any atom is -0.478 e. The van der Waals surface area contributed by atoms with Crippen molar-refractivity contribution in [2.45, 2.75) is 0 Å². The molecular formula is C90H54N6O18. The van der Waals surface area contributed by atoms with Gasteiger partial charge in [-0.15, -0.1) is 38.5 Å². The van der Waals surface area contributed by atoms with Crippen LogP contribution in [0.1, 0.15) is 127 Å². The molecule has 12 rings (SSSR count). The van der Waals surface area contributed by atoms with E-state index >= 15 is 0 Å². The Labute approximate surface area is 648 Å². The molecule has 0 saturated carbocycles. The predicted molar refractivity (Wildman–Crippen MR) is 427 cm³/mol. The van der Waals surface area contributed by atoms with Crippen LogP contribution < -0.4 is 46.1 Å². The summed E-state index contributed by atoms with van der Waals surface area (Å²) in [5.41, 5.74) is 4.06. The first-order valence-electron chi connectivity index (χ1n) is 33.2. The summed E-state index contributed by atoms with van der Waals surface area (Å²) in [5, 5.41) is 48.7. The lowest BCUT2D eigenvalue weighted by molar-refractivity contribution is -0.121. The zero-order chi connectivity index (χ0) is 81.7.